The van der Waals surface area contributed by atoms with Crippen molar-refractivity contribution in [2.75, 3.05) is 11.4 Å². The zero-order chi connectivity index (χ0) is 26.7. The van der Waals surface area contributed by atoms with E-state index in [4.69, 9.17) is 17.3 Å². The maximum absolute atomic E-state index is 13.5. The topological polar surface area (TPSA) is 60.9 Å². The first kappa shape index (κ1) is 27.1. The van der Waals surface area contributed by atoms with Crippen LogP contribution in [0, 0.1) is 0 Å². The second kappa shape index (κ2) is 11.6. The van der Waals surface area contributed by atoms with E-state index in [0.717, 1.165) is 18.4 Å². The van der Waals surface area contributed by atoms with Gasteiger partial charge in [-0.1, -0.05) is 62.6 Å². The second-order valence-electron chi connectivity index (χ2n) is 10.3. The molecule has 0 spiro atoms. The summed E-state index contributed by atoms with van der Waals surface area (Å²) in [6.45, 7) is 6.00. The minimum atomic E-state index is -0.940. The van der Waals surface area contributed by atoms with Gasteiger partial charge in [0.1, 0.15) is 7.85 Å². The van der Waals surface area contributed by atoms with Crippen molar-refractivity contribution in [1.82, 2.24) is 4.90 Å². The number of nitrogens with zero attached hydrogens (tertiary/aromatic N) is 2. The highest BCUT2D eigenvalue weighted by molar-refractivity contribution is 7.80. The fourth-order valence-corrected chi connectivity index (χ4v) is 6.19. The van der Waals surface area contributed by atoms with E-state index in [2.05, 4.69) is 56.1 Å². The summed E-state index contributed by atoms with van der Waals surface area (Å²) in [5.41, 5.74) is 8.22. The van der Waals surface area contributed by atoms with E-state index in [0.29, 0.717) is 28.9 Å². The van der Waals surface area contributed by atoms with Crippen LogP contribution >= 0.6 is 12.2 Å². The molecule has 1 amide bonds. The van der Waals surface area contributed by atoms with Gasteiger partial charge >= 0.3 is 5.97 Å². The molecule has 0 radical (unpaired) electrons. The SMILES string of the molecule is Bc1cc(/C=C(/CCC)C(=O)N(CCC(=O)O)C(C)=S)cc2c1N(c1ccc(CC)cc1)C1CCCC21. The van der Waals surface area contributed by atoms with Crippen LogP contribution in [0.1, 0.15) is 81.9 Å². The van der Waals surface area contributed by atoms with Crippen molar-refractivity contribution in [3.05, 3.63) is 58.7 Å². The van der Waals surface area contributed by atoms with Gasteiger partial charge in [0.25, 0.3) is 5.91 Å². The normalized spacial score (nSPS) is 18.5. The number of carboxylic acid groups (broad SMARTS) is 1. The van der Waals surface area contributed by atoms with Crippen LogP contribution in [0.4, 0.5) is 11.4 Å². The Morgan fingerprint density at radius 3 is 2.51 bits per heavy atom. The molecule has 1 aliphatic heterocycles. The summed E-state index contributed by atoms with van der Waals surface area (Å²) in [6.07, 6.45) is 7.92. The van der Waals surface area contributed by atoms with E-state index in [1.165, 1.54) is 52.1 Å². The Hall–Kier alpha value is -2.93. The molecule has 2 unspecified atom stereocenters. The van der Waals surface area contributed by atoms with Gasteiger partial charge in [-0.15, -0.1) is 0 Å². The van der Waals surface area contributed by atoms with Gasteiger partial charge in [-0.25, -0.2) is 0 Å². The van der Waals surface area contributed by atoms with Gasteiger partial charge in [0.15, 0.2) is 0 Å². The van der Waals surface area contributed by atoms with Crippen molar-refractivity contribution in [3.63, 3.8) is 0 Å². The zero-order valence-electron chi connectivity index (χ0n) is 22.4. The fraction of sp³-hybridized carbons (Fsp3) is 0.433. The van der Waals surface area contributed by atoms with Crippen LogP contribution < -0.4 is 10.4 Å². The summed E-state index contributed by atoms with van der Waals surface area (Å²) in [4.78, 5) is 29.0. The average Bonchev–Trinajstić information content (AvgIpc) is 3.45. The zero-order valence-corrected chi connectivity index (χ0v) is 23.2. The number of anilines is 2. The number of benzene rings is 2. The smallest absolute Gasteiger partial charge is 0.305 e. The largest absolute Gasteiger partial charge is 0.481 e. The molecule has 0 bridgehead atoms. The molecule has 2 aliphatic rings. The minimum absolute atomic E-state index is 0.0866. The van der Waals surface area contributed by atoms with Crippen LogP contribution in [-0.4, -0.2) is 47.3 Å². The molecule has 1 saturated carbocycles. The lowest BCUT2D eigenvalue weighted by Gasteiger charge is -2.28. The van der Waals surface area contributed by atoms with Gasteiger partial charge in [0.2, 0.25) is 0 Å². The van der Waals surface area contributed by atoms with E-state index in [1.54, 1.807) is 6.92 Å². The highest BCUT2D eigenvalue weighted by Gasteiger charge is 2.42. The van der Waals surface area contributed by atoms with Crippen molar-refractivity contribution < 1.29 is 14.7 Å². The first-order valence-corrected chi connectivity index (χ1v) is 13.9. The molecule has 2 atom stereocenters. The number of rotatable bonds is 9. The van der Waals surface area contributed by atoms with Crippen molar-refractivity contribution >= 4 is 59.8 Å². The third kappa shape index (κ3) is 5.67. The molecule has 0 saturated heterocycles. The van der Waals surface area contributed by atoms with Crippen molar-refractivity contribution in [3.8, 4) is 0 Å². The summed E-state index contributed by atoms with van der Waals surface area (Å²) in [5.74, 6) is -0.636. The predicted octanol–water partition coefficient (Wildman–Crippen LogP) is 5.13. The van der Waals surface area contributed by atoms with Gasteiger partial charge in [0, 0.05) is 35.5 Å². The van der Waals surface area contributed by atoms with Crippen LogP contribution in [0.15, 0.2) is 42.0 Å². The Morgan fingerprint density at radius 1 is 1.16 bits per heavy atom. The first-order valence-electron chi connectivity index (χ1n) is 13.5. The fourth-order valence-electron chi connectivity index (χ4n) is 6.02. The number of carbonyl (C=O) groups is 2. The third-order valence-electron chi connectivity index (χ3n) is 7.74. The molecule has 1 N–H and O–H groups in total. The monoisotopic (exact) mass is 516 g/mol. The second-order valence-corrected chi connectivity index (χ2v) is 10.9. The Labute approximate surface area is 227 Å². The lowest BCUT2D eigenvalue weighted by atomic mass is 9.86. The molecule has 1 fully saturated rings. The lowest BCUT2D eigenvalue weighted by molar-refractivity contribution is -0.137. The minimum Gasteiger partial charge on any atom is -0.481 e. The van der Waals surface area contributed by atoms with Crippen LogP contribution in [0.25, 0.3) is 6.08 Å². The summed E-state index contributed by atoms with van der Waals surface area (Å²) >= 11 is 5.30. The molecule has 4 rings (SSSR count). The predicted molar refractivity (Wildman–Crippen MR) is 158 cm³/mol. The number of aliphatic carboxylic acids is 1. The summed E-state index contributed by atoms with van der Waals surface area (Å²) < 4.78 is 0. The van der Waals surface area contributed by atoms with E-state index < -0.39 is 5.97 Å². The molecule has 0 aromatic heterocycles. The molecule has 5 nitrogen and oxygen atoms in total. The van der Waals surface area contributed by atoms with Crippen molar-refractivity contribution in [2.45, 2.75) is 77.7 Å². The maximum Gasteiger partial charge on any atom is 0.305 e. The van der Waals surface area contributed by atoms with E-state index in [9.17, 15) is 9.59 Å². The van der Waals surface area contributed by atoms with Gasteiger partial charge in [-0.05, 0) is 73.6 Å². The molecular weight excluding hydrogens is 479 g/mol. The Bertz CT molecular complexity index is 1220. The Morgan fingerprint density at radius 2 is 1.89 bits per heavy atom. The maximum atomic E-state index is 13.5. The van der Waals surface area contributed by atoms with Crippen LogP contribution in [0.2, 0.25) is 0 Å². The molecule has 194 valence electrons. The van der Waals surface area contributed by atoms with Gasteiger partial charge < -0.3 is 14.9 Å². The number of fused-ring (bicyclic) bond motifs is 3. The number of hydrogen-bond acceptors (Lipinski definition) is 4. The van der Waals surface area contributed by atoms with E-state index in [-0.39, 0.29) is 18.9 Å². The summed E-state index contributed by atoms with van der Waals surface area (Å²) in [6, 6.07) is 13.9. The molecular formula is C30H37BN2O3S. The molecule has 37 heavy (non-hydrogen) atoms. The molecule has 2 aromatic carbocycles. The highest BCUT2D eigenvalue weighted by atomic mass is 32.1. The number of thiocarbonyl (C=S) groups is 1. The van der Waals surface area contributed by atoms with Gasteiger partial charge in [-0.2, -0.15) is 0 Å². The number of hydrogen-bond donors (Lipinski definition) is 1. The number of carbonyl (C=O) groups excluding carboxylic acids is 1. The quantitative estimate of drug-likeness (QED) is 0.285. The van der Waals surface area contributed by atoms with Crippen LogP contribution in [0.5, 0.6) is 0 Å². The molecule has 1 aliphatic carbocycles. The Kier molecular flexibility index (Phi) is 8.53. The first-order chi connectivity index (χ1) is 17.7. The van der Waals surface area contributed by atoms with E-state index >= 15 is 0 Å². The van der Waals surface area contributed by atoms with Crippen LogP contribution in [0.3, 0.4) is 0 Å². The summed E-state index contributed by atoms with van der Waals surface area (Å²) in [5, 5.41) is 9.13. The molecule has 7 heteroatoms. The molecule has 1 heterocycles. The Balaban J connectivity index is 1.72. The van der Waals surface area contributed by atoms with Gasteiger partial charge in [0.05, 0.1) is 11.4 Å². The number of amides is 1. The third-order valence-corrected chi connectivity index (χ3v) is 7.96. The average molecular weight is 517 g/mol. The van der Waals surface area contributed by atoms with E-state index in [1.807, 2.05) is 13.0 Å². The van der Waals surface area contributed by atoms with Crippen LogP contribution in [-0.2, 0) is 16.0 Å². The van der Waals surface area contributed by atoms with Crippen molar-refractivity contribution in [1.29, 1.82) is 0 Å². The van der Waals surface area contributed by atoms with Gasteiger partial charge in [-0.3, -0.25) is 9.59 Å². The number of aryl methyl sites for hydroxylation is 1. The standard InChI is InChI=1S/C30H37BN2O3S/c1-4-7-22(30(36)32(19(3)37)15-14-28(34)35)16-21-17-25-24-8-6-9-27(24)33(29(25)26(31)18-21)23-12-10-20(5-2)11-13-23/h10-13,16-18,24,27H,4-9,14-15,31H2,1-3H3,(H,34,35)/b22-16-. The highest BCUT2D eigenvalue weighted by Crippen LogP contribution is 2.51. The lowest BCUT2D eigenvalue weighted by Crippen LogP contribution is -2.37. The molecule has 2 aromatic rings. The summed E-state index contributed by atoms with van der Waals surface area (Å²) in [7, 11) is 2.17. The van der Waals surface area contributed by atoms with Crippen molar-refractivity contribution in [2.24, 2.45) is 0 Å². The number of carboxylic acids is 1.